The molecule has 0 radical (unpaired) electrons. The first kappa shape index (κ1) is 22.9. The fraction of sp³-hybridized carbons (Fsp3) is 0.259. The first-order valence-corrected chi connectivity index (χ1v) is 11.5. The number of piperidine rings is 1. The number of benzene rings is 2. The summed E-state index contributed by atoms with van der Waals surface area (Å²) < 4.78 is 5.93. The van der Waals surface area contributed by atoms with E-state index in [2.05, 4.69) is 0 Å². The predicted octanol–water partition coefficient (Wildman–Crippen LogP) is 5.51. The van der Waals surface area contributed by atoms with Gasteiger partial charge in [0.1, 0.15) is 11.5 Å². The van der Waals surface area contributed by atoms with Gasteiger partial charge >= 0.3 is 0 Å². The van der Waals surface area contributed by atoms with Crippen LogP contribution in [0.1, 0.15) is 24.2 Å². The molecule has 2 amide bonds. The van der Waals surface area contributed by atoms with Gasteiger partial charge in [-0.3, -0.25) is 9.59 Å². The van der Waals surface area contributed by atoms with Crippen LogP contribution < -0.4 is 0 Å². The van der Waals surface area contributed by atoms with Crippen LogP contribution in [-0.4, -0.2) is 41.8 Å². The molecule has 33 heavy (non-hydrogen) atoms. The molecular weight excluding hydrogens is 436 g/mol. The number of amides is 2. The topological polar surface area (TPSA) is 53.8 Å². The zero-order chi connectivity index (χ0) is 23.2. The maximum Gasteiger partial charge on any atom is 0.246 e. The third-order valence-electron chi connectivity index (χ3n) is 5.93. The molecule has 2 aromatic carbocycles. The SMILES string of the molecule is CN(Cc1ccc(-c2ccc(Cl)cc2)o1)C(=O)C1CCN(C(=O)/C=C/c2ccccc2)CC1. The van der Waals surface area contributed by atoms with Gasteiger partial charge in [0.15, 0.2) is 0 Å². The molecule has 1 fully saturated rings. The summed E-state index contributed by atoms with van der Waals surface area (Å²) in [5.74, 6) is 1.48. The van der Waals surface area contributed by atoms with Crippen molar-refractivity contribution >= 4 is 29.5 Å². The molecule has 6 heteroatoms. The maximum atomic E-state index is 13.0. The molecule has 1 aliphatic rings. The lowest BCUT2D eigenvalue weighted by atomic mass is 9.95. The fourth-order valence-corrected chi connectivity index (χ4v) is 4.17. The van der Waals surface area contributed by atoms with Gasteiger partial charge in [0.25, 0.3) is 0 Å². The zero-order valence-electron chi connectivity index (χ0n) is 18.6. The van der Waals surface area contributed by atoms with Gasteiger partial charge in [-0.05, 0) is 60.9 Å². The van der Waals surface area contributed by atoms with Gasteiger partial charge in [-0.1, -0.05) is 41.9 Å². The Hall–Kier alpha value is -3.31. The van der Waals surface area contributed by atoms with Gasteiger partial charge in [0, 0.05) is 42.7 Å². The van der Waals surface area contributed by atoms with Crippen molar-refractivity contribution < 1.29 is 14.0 Å². The second-order valence-corrected chi connectivity index (χ2v) is 8.75. The summed E-state index contributed by atoms with van der Waals surface area (Å²) in [6.45, 7) is 1.58. The number of carbonyl (C=O) groups excluding carboxylic acids is 2. The summed E-state index contributed by atoms with van der Waals surface area (Å²) in [5.41, 5.74) is 1.94. The quantitative estimate of drug-likeness (QED) is 0.454. The Kier molecular flexibility index (Phi) is 7.30. The Labute approximate surface area is 199 Å². The number of likely N-dealkylation sites (tertiary alicyclic amines) is 1. The molecular formula is C27H27ClN2O3. The molecule has 170 valence electrons. The van der Waals surface area contributed by atoms with Crippen LogP contribution in [0.5, 0.6) is 0 Å². The zero-order valence-corrected chi connectivity index (χ0v) is 19.4. The average Bonchev–Trinajstić information content (AvgIpc) is 3.31. The third-order valence-corrected chi connectivity index (χ3v) is 6.19. The van der Waals surface area contributed by atoms with E-state index < -0.39 is 0 Å². The summed E-state index contributed by atoms with van der Waals surface area (Å²) in [5, 5.41) is 0.677. The molecule has 0 atom stereocenters. The minimum atomic E-state index is -0.0807. The number of halogens is 1. The van der Waals surface area contributed by atoms with Gasteiger partial charge in [0.2, 0.25) is 11.8 Å². The van der Waals surface area contributed by atoms with Gasteiger partial charge in [0.05, 0.1) is 6.54 Å². The number of rotatable bonds is 6. The fourth-order valence-electron chi connectivity index (χ4n) is 4.04. The summed E-state index contributed by atoms with van der Waals surface area (Å²) >= 11 is 5.95. The highest BCUT2D eigenvalue weighted by Crippen LogP contribution is 2.25. The lowest BCUT2D eigenvalue weighted by molar-refractivity contribution is -0.138. The third kappa shape index (κ3) is 5.93. The summed E-state index contributed by atoms with van der Waals surface area (Å²) in [6, 6.07) is 21.0. The van der Waals surface area contributed by atoms with E-state index in [0.29, 0.717) is 37.5 Å². The molecule has 0 saturated carbocycles. The van der Waals surface area contributed by atoms with Crippen LogP contribution in [0.2, 0.25) is 5.02 Å². The van der Waals surface area contributed by atoms with Crippen molar-refractivity contribution in [1.29, 1.82) is 0 Å². The summed E-state index contributed by atoms with van der Waals surface area (Å²) in [4.78, 5) is 29.0. The first-order valence-electron chi connectivity index (χ1n) is 11.1. The monoisotopic (exact) mass is 462 g/mol. The van der Waals surface area contributed by atoms with E-state index in [1.54, 1.807) is 18.0 Å². The Morgan fingerprint density at radius 2 is 1.73 bits per heavy atom. The predicted molar refractivity (Wildman–Crippen MR) is 130 cm³/mol. The van der Waals surface area contributed by atoms with Crippen LogP contribution in [-0.2, 0) is 16.1 Å². The van der Waals surface area contributed by atoms with Crippen molar-refractivity contribution in [3.05, 3.63) is 89.2 Å². The Morgan fingerprint density at radius 3 is 2.42 bits per heavy atom. The molecule has 4 rings (SSSR count). The van der Waals surface area contributed by atoms with Crippen molar-refractivity contribution in [3.63, 3.8) is 0 Å². The molecule has 0 bridgehead atoms. The van der Waals surface area contributed by atoms with Gasteiger partial charge in [-0.15, -0.1) is 0 Å². The molecule has 2 heterocycles. The summed E-state index contributed by atoms with van der Waals surface area (Å²) in [6.07, 6.45) is 4.78. The number of furan rings is 1. The Bertz CT molecular complexity index is 1110. The largest absolute Gasteiger partial charge is 0.459 e. The molecule has 0 spiro atoms. The van der Waals surface area contributed by atoms with Crippen molar-refractivity contribution in [2.75, 3.05) is 20.1 Å². The van der Waals surface area contributed by atoms with Crippen LogP contribution in [0.25, 0.3) is 17.4 Å². The Balaban J connectivity index is 1.27. The number of hydrogen-bond donors (Lipinski definition) is 0. The smallest absolute Gasteiger partial charge is 0.246 e. The molecule has 0 N–H and O–H groups in total. The van der Waals surface area contributed by atoms with E-state index in [1.165, 1.54) is 0 Å². The lowest BCUT2D eigenvalue weighted by Crippen LogP contribution is -2.42. The number of hydrogen-bond acceptors (Lipinski definition) is 3. The van der Waals surface area contributed by atoms with E-state index in [1.807, 2.05) is 77.7 Å². The minimum Gasteiger partial charge on any atom is -0.459 e. The highest BCUT2D eigenvalue weighted by molar-refractivity contribution is 6.30. The molecule has 5 nitrogen and oxygen atoms in total. The van der Waals surface area contributed by atoms with Crippen molar-refractivity contribution in [2.45, 2.75) is 19.4 Å². The molecule has 0 unspecified atom stereocenters. The van der Waals surface area contributed by atoms with Gasteiger partial charge in [-0.25, -0.2) is 0 Å². The van der Waals surface area contributed by atoms with Crippen LogP contribution in [0.4, 0.5) is 0 Å². The average molecular weight is 463 g/mol. The molecule has 1 aliphatic heterocycles. The number of carbonyl (C=O) groups is 2. The maximum absolute atomic E-state index is 13.0. The first-order chi connectivity index (χ1) is 16.0. The summed E-state index contributed by atoms with van der Waals surface area (Å²) in [7, 11) is 1.80. The number of nitrogens with zero attached hydrogens (tertiary/aromatic N) is 2. The second-order valence-electron chi connectivity index (χ2n) is 8.31. The van der Waals surface area contributed by atoms with E-state index in [-0.39, 0.29) is 17.7 Å². The van der Waals surface area contributed by atoms with E-state index in [4.69, 9.17) is 16.0 Å². The van der Waals surface area contributed by atoms with Crippen LogP contribution in [0, 0.1) is 5.92 Å². The minimum absolute atomic E-state index is 0.0107. The van der Waals surface area contributed by atoms with Gasteiger partial charge < -0.3 is 14.2 Å². The van der Waals surface area contributed by atoms with Crippen LogP contribution in [0.3, 0.4) is 0 Å². The normalized spacial score (nSPS) is 14.5. The second kappa shape index (κ2) is 10.5. The standard InChI is InChI=1S/C27H27ClN2O3/c1-29(19-24-12-13-25(33-24)21-8-10-23(28)11-9-21)27(32)22-15-17-30(18-16-22)26(31)14-7-20-5-3-2-4-6-20/h2-14,22H,15-19H2,1H3/b14-7+. The van der Waals surface area contributed by atoms with E-state index >= 15 is 0 Å². The molecule has 1 aromatic heterocycles. The Morgan fingerprint density at radius 1 is 1.03 bits per heavy atom. The van der Waals surface area contributed by atoms with E-state index in [9.17, 15) is 9.59 Å². The van der Waals surface area contributed by atoms with Crippen LogP contribution in [0.15, 0.2) is 77.2 Å². The van der Waals surface area contributed by atoms with Gasteiger partial charge in [-0.2, -0.15) is 0 Å². The molecule has 0 aliphatic carbocycles. The van der Waals surface area contributed by atoms with Crippen molar-refractivity contribution in [2.24, 2.45) is 5.92 Å². The molecule has 1 saturated heterocycles. The van der Waals surface area contributed by atoms with Crippen molar-refractivity contribution in [3.8, 4) is 11.3 Å². The van der Waals surface area contributed by atoms with Crippen molar-refractivity contribution in [1.82, 2.24) is 9.80 Å². The van der Waals surface area contributed by atoms with Crippen LogP contribution >= 0.6 is 11.6 Å². The highest BCUT2D eigenvalue weighted by atomic mass is 35.5. The molecule has 3 aromatic rings. The highest BCUT2D eigenvalue weighted by Gasteiger charge is 2.28. The van der Waals surface area contributed by atoms with E-state index in [0.717, 1.165) is 22.6 Å². The lowest BCUT2D eigenvalue weighted by Gasteiger charge is -2.32.